The summed E-state index contributed by atoms with van der Waals surface area (Å²) in [6, 6.07) is 12.1. The number of aryl methyl sites for hydroxylation is 2. The number of hydrogen-bond donors (Lipinski definition) is 1. The predicted molar refractivity (Wildman–Crippen MR) is 131 cm³/mol. The Labute approximate surface area is 196 Å². The topological polar surface area (TPSA) is 86.8 Å². The maximum Gasteiger partial charge on any atom is 0.243 e. The molecule has 0 aliphatic carbocycles. The molecule has 1 unspecified atom stereocenters. The molecule has 0 saturated carbocycles. The van der Waals surface area contributed by atoms with Crippen LogP contribution in [0.5, 0.6) is 0 Å². The third kappa shape index (κ3) is 5.62. The van der Waals surface area contributed by atoms with Crippen molar-refractivity contribution in [2.75, 3.05) is 29.9 Å². The van der Waals surface area contributed by atoms with Crippen LogP contribution in [0.4, 0.5) is 11.4 Å². The van der Waals surface area contributed by atoms with Gasteiger partial charge in [-0.2, -0.15) is 4.31 Å². The molecule has 178 valence electrons. The molecule has 1 aliphatic heterocycles. The van der Waals surface area contributed by atoms with Gasteiger partial charge < -0.3 is 10.2 Å². The largest absolute Gasteiger partial charge is 0.326 e. The second-order valence-corrected chi connectivity index (χ2v) is 10.6. The van der Waals surface area contributed by atoms with Gasteiger partial charge in [-0.05, 0) is 62.6 Å². The molecule has 2 aromatic carbocycles. The molecule has 8 heteroatoms. The highest BCUT2D eigenvalue weighted by molar-refractivity contribution is 7.89. The molecule has 0 bridgehead atoms. The Hall–Kier alpha value is -2.71. The zero-order chi connectivity index (χ0) is 24.2. The predicted octanol–water partition coefficient (Wildman–Crippen LogP) is 4.11. The normalized spacial score (nSPS) is 16.5. The number of nitrogens with one attached hydrogen (secondary N) is 1. The van der Waals surface area contributed by atoms with E-state index in [1.807, 2.05) is 45.9 Å². The van der Waals surface area contributed by atoms with Crippen molar-refractivity contribution in [1.82, 2.24) is 4.31 Å². The third-order valence-electron chi connectivity index (χ3n) is 5.84. The van der Waals surface area contributed by atoms with Gasteiger partial charge in [0.15, 0.2) is 0 Å². The van der Waals surface area contributed by atoms with Gasteiger partial charge in [-0.25, -0.2) is 8.42 Å². The zero-order valence-corrected chi connectivity index (χ0v) is 20.6. The molecule has 1 fully saturated rings. The van der Waals surface area contributed by atoms with Crippen molar-refractivity contribution in [1.29, 1.82) is 0 Å². The Balaban J connectivity index is 1.68. The summed E-state index contributed by atoms with van der Waals surface area (Å²) in [6.07, 6.45) is 1.63. The van der Waals surface area contributed by atoms with Crippen molar-refractivity contribution in [3.8, 4) is 0 Å². The number of amides is 2. The van der Waals surface area contributed by atoms with E-state index in [4.69, 9.17) is 0 Å². The van der Waals surface area contributed by atoms with Crippen LogP contribution in [0.2, 0.25) is 0 Å². The summed E-state index contributed by atoms with van der Waals surface area (Å²) in [5, 5.41) is 2.83. The number of nitrogens with zero attached hydrogens (tertiary/aromatic N) is 2. The van der Waals surface area contributed by atoms with Gasteiger partial charge in [0.2, 0.25) is 21.8 Å². The standard InChI is InChI=1S/C25H33N3O4S/c1-5-13-27(14-6-2)33(31,32)22-10-8-21(9-11-22)26-25(30)20-16-24(29)28(17-20)23-12-7-18(3)15-19(23)4/h7-12,15,20H,5-6,13-14,16-17H2,1-4H3,(H,26,30). The molecule has 1 atom stereocenters. The summed E-state index contributed by atoms with van der Waals surface area (Å²) < 4.78 is 27.3. The van der Waals surface area contributed by atoms with E-state index in [1.165, 1.54) is 16.4 Å². The van der Waals surface area contributed by atoms with Gasteiger partial charge in [-0.3, -0.25) is 9.59 Å². The number of rotatable bonds is 9. The SMILES string of the molecule is CCCN(CCC)S(=O)(=O)c1ccc(NC(=O)C2CC(=O)N(c3ccc(C)cc3C)C2)cc1. The van der Waals surface area contributed by atoms with Crippen molar-refractivity contribution in [3.63, 3.8) is 0 Å². The Bertz CT molecular complexity index is 1110. The average Bonchev–Trinajstić information content (AvgIpc) is 3.15. The fourth-order valence-electron chi connectivity index (χ4n) is 4.18. The fraction of sp³-hybridized carbons (Fsp3) is 0.440. The highest BCUT2D eigenvalue weighted by atomic mass is 32.2. The molecule has 1 saturated heterocycles. The number of sulfonamides is 1. The fourth-order valence-corrected chi connectivity index (χ4v) is 5.80. The van der Waals surface area contributed by atoms with Crippen LogP contribution in [-0.4, -0.2) is 44.2 Å². The first kappa shape index (κ1) is 24.9. The molecule has 0 aromatic heterocycles. The first-order valence-electron chi connectivity index (χ1n) is 11.5. The lowest BCUT2D eigenvalue weighted by atomic mass is 10.1. The maximum absolute atomic E-state index is 12.9. The van der Waals surface area contributed by atoms with Gasteiger partial charge in [-0.15, -0.1) is 0 Å². The molecule has 2 aromatic rings. The van der Waals surface area contributed by atoms with Crippen LogP contribution < -0.4 is 10.2 Å². The maximum atomic E-state index is 12.9. The molecule has 1 heterocycles. The lowest BCUT2D eigenvalue weighted by Crippen LogP contribution is -2.32. The van der Waals surface area contributed by atoms with Gasteiger partial charge in [-0.1, -0.05) is 31.5 Å². The van der Waals surface area contributed by atoms with Crippen molar-refractivity contribution in [3.05, 3.63) is 53.6 Å². The van der Waals surface area contributed by atoms with Crippen LogP contribution in [0.3, 0.4) is 0 Å². The first-order chi connectivity index (χ1) is 15.7. The smallest absolute Gasteiger partial charge is 0.243 e. The molecule has 1 N–H and O–H groups in total. The minimum Gasteiger partial charge on any atom is -0.326 e. The Morgan fingerprint density at radius 1 is 1.06 bits per heavy atom. The third-order valence-corrected chi connectivity index (χ3v) is 7.76. The van der Waals surface area contributed by atoms with E-state index in [0.717, 1.165) is 29.7 Å². The Morgan fingerprint density at radius 2 is 1.70 bits per heavy atom. The van der Waals surface area contributed by atoms with Gasteiger partial charge in [0.05, 0.1) is 10.8 Å². The van der Waals surface area contributed by atoms with Crippen LogP contribution in [0.15, 0.2) is 47.4 Å². The summed E-state index contributed by atoms with van der Waals surface area (Å²) in [5.41, 5.74) is 3.46. The van der Waals surface area contributed by atoms with Gasteiger partial charge in [0, 0.05) is 37.4 Å². The molecule has 0 spiro atoms. The van der Waals surface area contributed by atoms with Gasteiger partial charge >= 0.3 is 0 Å². The number of benzene rings is 2. The monoisotopic (exact) mass is 471 g/mol. The van der Waals surface area contributed by atoms with E-state index in [0.29, 0.717) is 25.3 Å². The van der Waals surface area contributed by atoms with Crippen LogP contribution in [0.25, 0.3) is 0 Å². The minimum absolute atomic E-state index is 0.0736. The van der Waals surface area contributed by atoms with E-state index in [-0.39, 0.29) is 23.1 Å². The van der Waals surface area contributed by atoms with E-state index in [1.54, 1.807) is 17.0 Å². The lowest BCUT2D eigenvalue weighted by molar-refractivity contribution is -0.122. The number of anilines is 2. The molecule has 1 aliphatic rings. The Morgan fingerprint density at radius 3 is 2.27 bits per heavy atom. The van der Waals surface area contributed by atoms with Crippen molar-refractivity contribution < 1.29 is 18.0 Å². The molecule has 7 nitrogen and oxygen atoms in total. The summed E-state index contributed by atoms with van der Waals surface area (Å²) in [7, 11) is -3.57. The molecule has 2 amide bonds. The lowest BCUT2D eigenvalue weighted by Gasteiger charge is -2.21. The average molecular weight is 472 g/mol. The summed E-state index contributed by atoms with van der Waals surface area (Å²) in [5.74, 6) is -0.786. The molecule has 3 rings (SSSR count). The second-order valence-electron chi connectivity index (χ2n) is 8.61. The minimum atomic E-state index is -3.57. The Kier molecular flexibility index (Phi) is 7.92. The van der Waals surface area contributed by atoms with Gasteiger partial charge in [0.25, 0.3) is 0 Å². The van der Waals surface area contributed by atoms with Crippen molar-refractivity contribution >= 4 is 33.2 Å². The van der Waals surface area contributed by atoms with Crippen molar-refractivity contribution in [2.24, 2.45) is 5.92 Å². The molecular formula is C25H33N3O4S. The van der Waals surface area contributed by atoms with E-state index in [9.17, 15) is 18.0 Å². The van der Waals surface area contributed by atoms with Crippen LogP contribution >= 0.6 is 0 Å². The summed E-state index contributed by atoms with van der Waals surface area (Å²) in [6.45, 7) is 9.13. The summed E-state index contributed by atoms with van der Waals surface area (Å²) in [4.78, 5) is 27.3. The van der Waals surface area contributed by atoms with Crippen molar-refractivity contribution in [2.45, 2.75) is 51.9 Å². The first-order valence-corrected chi connectivity index (χ1v) is 12.9. The zero-order valence-electron chi connectivity index (χ0n) is 19.8. The molecular weight excluding hydrogens is 438 g/mol. The quantitative estimate of drug-likeness (QED) is 0.596. The van der Waals surface area contributed by atoms with E-state index in [2.05, 4.69) is 5.32 Å². The van der Waals surface area contributed by atoms with Gasteiger partial charge in [0.1, 0.15) is 0 Å². The van der Waals surface area contributed by atoms with Crippen LogP contribution in [-0.2, 0) is 19.6 Å². The van der Waals surface area contributed by atoms with E-state index < -0.39 is 15.9 Å². The highest BCUT2D eigenvalue weighted by Crippen LogP contribution is 2.29. The highest BCUT2D eigenvalue weighted by Gasteiger charge is 2.35. The van der Waals surface area contributed by atoms with E-state index >= 15 is 0 Å². The number of carbonyl (C=O) groups is 2. The van der Waals surface area contributed by atoms with Crippen LogP contribution in [0, 0.1) is 19.8 Å². The molecule has 33 heavy (non-hydrogen) atoms. The second kappa shape index (κ2) is 10.5. The molecule has 0 radical (unpaired) electrons. The number of carbonyl (C=O) groups excluding carboxylic acids is 2. The number of hydrogen-bond acceptors (Lipinski definition) is 4. The van der Waals surface area contributed by atoms with Crippen LogP contribution in [0.1, 0.15) is 44.2 Å². The summed E-state index contributed by atoms with van der Waals surface area (Å²) >= 11 is 0.